The van der Waals surface area contributed by atoms with Crippen LogP contribution in [0, 0.1) is 11.8 Å². The smallest absolute Gasteiger partial charge is 0.306 e. The lowest BCUT2D eigenvalue weighted by Crippen LogP contribution is -2.30. The molecule has 6 nitrogen and oxygen atoms in total. The van der Waals surface area contributed by atoms with Gasteiger partial charge in [0.25, 0.3) is 0 Å². The fraction of sp³-hybridized carbons (Fsp3) is 0.952. The molecule has 0 unspecified atom stereocenters. The molecule has 0 N–H and O–H groups in total. The second kappa shape index (κ2) is 54.7. The van der Waals surface area contributed by atoms with E-state index < -0.39 is 6.10 Å². The molecular formula is C62H120O6. The van der Waals surface area contributed by atoms with Crippen LogP contribution in [0.1, 0.15) is 349 Å². The monoisotopic (exact) mass is 961 g/mol. The van der Waals surface area contributed by atoms with E-state index in [9.17, 15) is 14.4 Å². The van der Waals surface area contributed by atoms with Gasteiger partial charge in [-0.05, 0) is 31.1 Å². The van der Waals surface area contributed by atoms with Crippen molar-refractivity contribution in [2.24, 2.45) is 11.8 Å². The summed E-state index contributed by atoms with van der Waals surface area (Å²) in [7, 11) is 0. The van der Waals surface area contributed by atoms with Crippen molar-refractivity contribution in [3.05, 3.63) is 0 Å². The number of ether oxygens (including phenoxy) is 3. The topological polar surface area (TPSA) is 78.9 Å². The minimum absolute atomic E-state index is 0.0623. The highest BCUT2D eigenvalue weighted by Gasteiger charge is 2.19. The molecule has 68 heavy (non-hydrogen) atoms. The Balaban J connectivity index is 4.28. The molecule has 0 heterocycles. The fourth-order valence-corrected chi connectivity index (χ4v) is 9.58. The maximum absolute atomic E-state index is 12.9. The maximum atomic E-state index is 12.9. The van der Waals surface area contributed by atoms with Crippen LogP contribution in [0.3, 0.4) is 0 Å². The molecule has 404 valence electrons. The van der Waals surface area contributed by atoms with E-state index in [0.717, 1.165) is 69.6 Å². The van der Waals surface area contributed by atoms with Crippen LogP contribution in [-0.2, 0) is 28.6 Å². The number of rotatable bonds is 56. The highest BCUT2D eigenvalue weighted by molar-refractivity contribution is 5.71. The highest BCUT2D eigenvalue weighted by atomic mass is 16.6. The summed E-state index contributed by atoms with van der Waals surface area (Å²) in [6.07, 6.45) is 59.6. The van der Waals surface area contributed by atoms with Crippen molar-refractivity contribution in [2.45, 2.75) is 355 Å². The Bertz CT molecular complexity index is 1040. The number of esters is 3. The molecule has 0 aromatic heterocycles. The lowest BCUT2D eigenvalue weighted by Gasteiger charge is -2.18. The quantitative estimate of drug-likeness (QED) is 0.0343. The van der Waals surface area contributed by atoms with Gasteiger partial charge in [0.2, 0.25) is 0 Å². The Kier molecular flexibility index (Phi) is 53.5. The molecule has 6 heteroatoms. The van der Waals surface area contributed by atoms with Gasteiger partial charge in [-0.25, -0.2) is 0 Å². The summed E-state index contributed by atoms with van der Waals surface area (Å²) in [6.45, 7) is 11.4. The molecule has 0 aliphatic rings. The van der Waals surface area contributed by atoms with Crippen LogP contribution in [-0.4, -0.2) is 37.2 Å². The molecular weight excluding hydrogens is 841 g/mol. The summed E-state index contributed by atoms with van der Waals surface area (Å²) in [5.41, 5.74) is 0. The summed E-state index contributed by atoms with van der Waals surface area (Å²) in [6, 6.07) is 0. The Hall–Kier alpha value is -1.59. The lowest BCUT2D eigenvalue weighted by molar-refractivity contribution is -0.167. The first-order valence-electron chi connectivity index (χ1n) is 30.7. The first kappa shape index (κ1) is 66.4. The fourth-order valence-electron chi connectivity index (χ4n) is 9.58. The number of unbranched alkanes of at least 4 members (excludes halogenated alkanes) is 41. The van der Waals surface area contributed by atoms with E-state index in [4.69, 9.17) is 14.2 Å². The van der Waals surface area contributed by atoms with Crippen LogP contribution in [0.15, 0.2) is 0 Å². The zero-order valence-electron chi connectivity index (χ0n) is 46.7. The van der Waals surface area contributed by atoms with E-state index in [1.165, 1.54) is 238 Å². The normalized spacial score (nSPS) is 12.0. The summed E-state index contributed by atoms with van der Waals surface area (Å²) < 4.78 is 16.9. The minimum Gasteiger partial charge on any atom is -0.462 e. The SMILES string of the molecule is CCCCCCCCCCCCCCCCCCCCCC(=O)OC[C@@H](COC(=O)CCCCCCCCCCCCCCCC(C)C)OC(=O)CCCCCCCCCCCCCCC(C)C. The molecule has 0 aliphatic heterocycles. The van der Waals surface area contributed by atoms with E-state index in [2.05, 4.69) is 34.6 Å². The average Bonchev–Trinajstić information content (AvgIpc) is 3.31. The summed E-state index contributed by atoms with van der Waals surface area (Å²) in [4.78, 5) is 38.2. The molecule has 0 aromatic carbocycles. The molecule has 0 fully saturated rings. The van der Waals surface area contributed by atoms with Gasteiger partial charge in [-0.3, -0.25) is 14.4 Å². The van der Waals surface area contributed by atoms with Crippen LogP contribution in [0.2, 0.25) is 0 Å². The Labute approximate surface area is 425 Å². The second-order valence-corrected chi connectivity index (χ2v) is 22.3. The number of carbonyl (C=O) groups excluding carboxylic acids is 3. The Morgan fingerprint density at radius 1 is 0.279 bits per heavy atom. The first-order valence-corrected chi connectivity index (χ1v) is 30.7. The van der Waals surface area contributed by atoms with Crippen molar-refractivity contribution in [1.29, 1.82) is 0 Å². The number of hydrogen-bond donors (Lipinski definition) is 0. The maximum Gasteiger partial charge on any atom is 0.306 e. The van der Waals surface area contributed by atoms with Crippen LogP contribution in [0.4, 0.5) is 0 Å². The number of carbonyl (C=O) groups is 3. The van der Waals surface area contributed by atoms with Gasteiger partial charge in [0, 0.05) is 19.3 Å². The molecule has 0 aliphatic carbocycles. The van der Waals surface area contributed by atoms with Crippen molar-refractivity contribution >= 4 is 17.9 Å². The molecule has 0 radical (unpaired) electrons. The lowest BCUT2D eigenvalue weighted by atomic mass is 10.0. The van der Waals surface area contributed by atoms with Crippen LogP contribution < -0.4 is 0 Å². The number of hydrogen-bond acceptors (Lipinski definition) is 6. The van der Waals surface area contributed by atoms with Gasteiger partial charge in [0.1, 0.15) is 13.2 Å². The van der Waals surface area contributed by atoms with Crippen LogP contribution in [0.25, 0.3) is 0 Å². The highest BCUT2D eigenvalue weighted by Crippen LogP contribution is 2.19. The van der Waals surface area contributed by atoms with Gasteiger partial charge in [-0.1, -0.05) is 311 Å². The Morgan fingerprint density at radius 2 is 0.485 bits per heavy atom. The predicted octanol–water partition coefficient (Wildman–Crippen LogP) is 20.4. The largest absolute Gasteiger partial charge is 0.462 e. The van der Waals surface area contributed by atoms with E-state index >= 15 is 0 Å². The first-order chi connectivity index (χ1) is 33.2. The van der Waals surface area contributed by atoms with Gasteiger partial charge >= 0.3 is 17.9 Å². The molecule has 0 bridgehead atoms. The van der Waals surface area contributed by atoms with Gasteiger partial charge < -0.3 is 14.2 Å². The van der Waals surface area contributed by atoms with E-state index in [1.807, 2.05) is 0 Å². The Morgan fingerprint density at radius 3 is 0.721 bits per heavy atom. The molecule has 0 saturated heterocycles. The average molecular weight is 962 g/mol. The molecule has 1 atom stereocenters. The third-order valence-electron chi connectivity index (χ3n) is 14.2. The van der Waals surface area contributed by atoms with Gasteiger partial charge in [0.15, 0.2) is 6.10 Å². The van der Waals surface area contributed by atoms with Crippen LogP contribution in [0.5, 0.6) is 0 Å². The second-order valence-electron chi connectivity index (χ2n) is 22.3. The molecule has 0 spiro atoms. The molecule has 0 amide bonds. The summed E-state index contributed by atoms with van der Waals surface area (Å²) >= 11 is 0. The van der Waals surface area contributed by atoms with Crippen molar-refractivity contribution in [3.63, 3.8) is 0 Å². The van der Waals surface area contributed by atoms with Gasteiger partial charge in [-0.2, -0.15) is 0 Å². The molecule has 0 rings (SSSR count). The zero-order valence-corrected chi connectivity index (χ0v) is 46.7. The third-order valence-corrected chi connectivity index (χ3v) is 14.2. The van der Waals surface area contributed by atoms with E-state index in [0.29, 0.717) is 19.3 Å². The molecule has 0 saturated carbocycles. The standard InChI is InChI=1S/C62H120O6/c1-6-7-8-9-10-11-12-13-14-15-16-17-18-21-27-32-37-42-47-52-60(63)66-55-59(68-62(65)54-49-44-39-34-29-24-23-26-31-36-41-46-51-58(4)5)56-67-61(64)53-48-43-38-33-28-22-19-20-25-30-35-40-45-50-57(2)3/h57-59H,6-56H2,1-5H3/t59-/m0/s1. The third kappa shape index (κ3) is 55.3. The predicted molar refractivity (Wildman–Crippen MR) is 293 cm³/mol. The van der Waals surface area contributed by atoms with Crippen molar-refractivity contribution < 1.29 is 28.6 Å². The van der Waals surface area contributed by atoms with Crippen molar-refractivity contribution in [2.75, 3.05) is 13.2 Å². The van der Waals surface area contributed by atoms with Crippen molar-refractivity contribution in [3.8, 4) is 0 Å². The molecule has 0 aromatic rings. The van der Waals surface area contributed by atoms with E-state index in [1.54, 1.807) is 0 Å². The van der Waals surface area contributed by atoms with Crippen LogP contribution >= 0.6 is 0 Å². The van der Waals surface area contributed by atoms with Crippen molar-refractivity contribution in [1.82, 2.24) is 0 Å². The summed E-state index contributed by atoms with van der Waals surface area (Å²) in [5, 5.41) is 0. The zero-order chi connectivity index (χ0) is 49.6. The minimum atomic E-state index is -0.763. The van der Waals surface area contributed by atoms with E-state index in [-0.39, 0.29) is 31.1 Å². The van der Waals surface area contributed by atoms with Gasteiger partial charge in [-0.15, -0.1) is 0 Å². The summed E-state index contributed by atoms with van der Waals surface area (Å²) in [5.74, 6) is 0.836. The van der Waals surface area contributed by atoms with Gasteiger partial charge in [0.05, 0.1) is 0 Å².